The largest absolute Gasteiger partial charge is 0.472 e. The number of epoxide rings is 1. The van der Waals surface area contributed by atoms with E-state index in [0.717, 1.165) is 5.56 Å². The molecule has 1 spiro atoms. The van der Waals surface area contributed by atoms with Gasteiger partial charge >= 0.3 is 17.9 Å². The predicted molar refractivity (Wildman–Crippen MR) is 136 cm³/mol. The Kier molecular flexibility index (Phi) is 5.56. The van der Waals surface area contributed by atoms with Crippen LogP contribution in [0.3, 0.4) is 0 Å². The molecule has 3 aliphatic carbocycles. The van der Waals surface area contributed by atoms with Crippen LogP contribution in [-0.4, -0.2) is 53.0 Å². The summed E-state index contributed by atoms with van der Waals surface area (Å²) in [5, 5.41) is 11.3. The summed E-state index contributed by atoms with van der Waals surface area (Å²) in [6.45, 7) is 13.3. The minimum Gasteiger partial charge on any atom is -0.472 e. The Hall–Kier alpha value is -2.39. The first-order chi connectivity index (χ1) is 18.2. The van der Waals surface area contributed by atoms with Crippen molar-refractivity contribution in [2.24, 2.45) is 33.5 Å². The summed E-state index contributed by atoms with van der Waals surface area (Å²) >= 11 is 0. The minimum absolute atomic E-state index is 0.126. The van der Waals surface area contributed by atoms with Gasteiger partial charge < -0.3 is 28.5 Å². The fraction of sp³-hybridized carbons (Fsp3) is 0.767. The van der Waals surface area contributed by atoms with Crippen molar-refractivity contribution in [2.75, 3.05) is 0 Å². The van der Waals surface area contributed by atoms with Gasteiger partial charge in [0.1, 0.15) is 23.9 Å². The van der Waals surface area contributed by atoms with Crippen molar-refractivity contribution in [1.82, 2.24) is 0 Å². The highest BCUT2D eigenvalue weighted by atomic mass is 16.7. The van der Waals surface area contributed by atoms with Crippen molar-refractivity contribution < 1.29 is 42.9 Å². The molecule has 39 heavy (non-hydrogen) atoms. The van der Waals surface area contributed by atoms with Gasteiger partial charge in [0.15, 0.2) is 6.10 Å². The molecular weight excluding hydrogens is 504 g/mol. The monoisotopic (exact) mass is 544 g/mol. The Balaban J connectivity index is 1.55. The lowest BCUT2D eigenvalue weighted by atomic mass is 9.34. The summed E-state index contributed by atoms with van der Waals surface area (Å²) < 4.78 is 30.1. The number of hydrogen-bond acceptors (Lipinski definition) is 9. The molecule has 1 N–H and O–H groups in total. The van der Waals surface area contributed by atoms with Crippen LogP contribution in [0.1, 0.15) is 85.8 Å². The molecule has 3 saturated carbocycles. The molecule has 1 aromatic rings. The zero-order valence-corrected chi connectivity index (χ0v) is 23.8. The van der Waals surface area contributed by atoms with Crippen molar-refractivity contribution >= 4 is 17.9 Å². The van der Waals surface area contributed by atoms with Crippen molar-refractivity contribution in [3.05, 3.63) is 24.2 Å². The normalized spacial score (nSPS) is 49.3. The lowest BCUT2D eigenvalue weighted by Crippen LogP contribution is -2.75. The summed E-state index contributed by atoms with van der Waals surface area (Å²) in [7, 11) is 0. The maximum absolute atomic E-state index is 13.4. The second kappa shape index (κ2) is 8.09. The van der Waals surface area contributed by atoms with Crippen LogP contribution in [0.4, 0.5) is 0 Å². The third-order valence-corrected chi connectivity index (χ3v) is 11.9. The standard InChI is InChI=1S/C30H40O9/c1-15(31)36-21-13-20(33)26(3,4)19-12-22(37-16(2)32)29(7)18(28(19,21)6)8-10-27(5)23(17-9-11-35-14-17)38-25(34)24-30(27,29)39-24/h9,11,14,18-24,33H,8,10,12-13H2,1-7H3/t18-,19+,20-,21+,22-,23+,24-,27+,28?,29+,30-/m1/s1. The number of aliphatic hydroxyl groups excluding tert-OH is 1. The van der Waals surface area contributed by atoms with Crippen LogP contribution < -0.4 is 0 Å². The summed E-state index contributed by atoms with van der Waals surface area (Å²) in [6, 6.07) is 1.82. The highest BCUT2D eigenvalue weighted by Crippen LogP contribution is 2.80. The molecule has 6 rings (SSSR count). The first kappa shape index (κ1) is 26.8. The number of aliphatic hydroxyl groups is 1. The summed E-state index contributed by atoms with van der Waals surface area (Å²) in [6.07, 6.45) is 2.14. The number of cyclic esters (lactones) is 1. The smallest absolute Gasteiger partial charge is 0.339 e. The Morgan fingerprint density at radius 3 is 2.26 bits per heavy atom. The van der Waals surface area contributed by atoms with Crippen molar-refractivity contribution in [3.63, 3.8) is 0 Å². The van der Waals surface area contributed by atoms with Crippen molar-refractivity contribution in [2.45, 2.75) is 110 Å². The second-order valence-electron chi connectivity index (χ2n) is 13.8. The number of ether oxygens (including phenoxy) is 4. The van der Waals surface area contributed by atoms with Gasteiger partial charge in [-0.15, -0.1) is 0 Å². The zero-order valence-electron chi connectivity index (χ0n) is 23.8. The average molecular weight is 545 g/mol. The van der Waals surface area contributed by atoms with E-state index in [0.29, 0.717) is 25.7 Å². The predicted octanol–water partition coefficient (Wildman–Crippen LogP) is 4.12. The van der Waals surface area contributed by atoms with Crippen LogP contribution >= 0.6 is 0 Å². The van der Waals surface area contributed by atoms with E-state index < -0.39 is 75.7 Å². The third-order valence-electron chi connectivity index (χ3n) is 11.9. The molecule has 1 unspecified atom stereocenters. The molecule has 11 atom stereocenters. The van der Waals surface area contributed by atoms with Gasteiger partial charge in [-0.25, -0.2) is 4.79 Å². The molecule has 9 heteroatoms. The molecular formula is C30H40O9. The van der Waals surface area contributed by atoms with E-state index in [1.165, 1.54) is 13.8 Å². The van der Waals surface area contributed by atoms with E-state index in [4.69, 9.17) is 23.4 Å². The van der Waals surface area contributed by atoms with Gasteiger partial charge in [0.2, 0.25) is 0 Å². The minimum atomic E-state index is -0.963. The molecule has 0 bridgehead atoms. The molecule has 5 aliphatic rings. The van der Waals surface area contributed by atoms with Gasteiger partial charge in [-0.3, -0.25) is 9.59 Å². The molecule has 5 fully saturated rings. The SMILES string of the molecule is CC(=O)O[C@H]1C[C@@H](O)C(C)(C)[C@@H]2C[C@@H](OC(C)=O)[C@]3(C)[C@H](CC[C@@]4(C)[C@H](c5ccoc5)OC(=O)[C@H]5O[C@@]534)C12C. The fourth-order valence-electron chi connectivity index (χ4n) is 10.2. The van der Waals surface area contributed by atoms with Gasteiger partial charge in [0.25, 0.3) is 0 Å². The lowest BCUT2D eigenvalue weighted by Gasteiger charge is -2.71. The highest BCUT2D eigenvalue weighted by molar-refractivity contribution is 5.82. The van der Waals surface area contributed by atoms with E-state index in [-0.39, 0.29) is 11.8 Å². The second-order valence-corrected chi connectivity index (χ2v) is 13.8. The van der Waals surface area contributed by atoms with Gasteiger partial charge in [-0.1, -0.05) is 34.6 Å². The Labute approximate surface area is 228 Å². The zero-order chi connectivity index (χ0) is 28.3. The molecule has 2 aliphatic heterocycles. The van der Waals surface area contributed by atoms with Gasteiger partial charge in [0.05, 0.1) is 18.6 Å². The number of furan rings is 1. The van der Waals surface area contributed by atoms with Gasteiger partial charge in [-0.2, -0.15) is 0 Å². The van der Waals surface area contributed by atoms with E-state index in [2.05, 4.69) is 20.8 Å². The molecule has 0 aromatic carbocycles. The summed E-state index contributed by atoms with van der Waals surface area (Å²) in [5.74, 6) is -1.49. The topological polar surface area (TPSA) is 125 Å². The quantitative estimate of drug-likeness (QED) is 0.340. The maximum Gasteiger partial charge on any atom is 0.339 e. The third kappa shape index (κ3) is 3.12. The van der Waals surface area contributed by atoms with Crippen LogP contribution in [0.2, 0.25) is 0 Å². The van der Waals surface area contributed by atoms with Gasteiger partial charge in [-0.05, 0) is 42.6 Å². The van der Waals surface area contributed by atoms with Gasteiger partial charge in [0, 0.05) is 42.1 Å². The van der Waals surface area contributed by atoms with Crippen LogP contribution in [0.5, 0.6) is 0 Å². The lowest BCUT2D eigenvalue weighted by molar-refractivity contribution is -0.297. The molecule has 2 saturated heterocycles. The van der Waals surface area contributed by atoms with Crippen LogP contribution in [0, 0.1) is 33.5 Å². The number of carbonyl (C=O) groups excluding carboxylic acids is 3. The van der Waals surface area contributed by atoms with Crippen molar-refractivity contribution in [3.8, 4) is 0 Å². The molecule has 214 valence electrons. The van der Waals surface area contributed by atoms with E-state index >= 15 is 0 Å². The van der Waals surface area contributed by atoms with E-state index in [9.17, 15) is 19.5 Å². The molecule has 1 aromatic heterocycles. The Morgan fingerprint density at radius 1 is 0.974 bits per heavy atom. The number of fused-ring (bicyclic) bond motifs is 3. The van der Waals surface area contributed by atoms with Crippen LogP contribution in [0.25, 0.3) is 0 Å². The highest BCUT2D eigenvalue weighted by Gasteiger charge is 2.89. The Morgan fingerprint density at radius 2 is 1.64 bits per heavy atom. The van der Waals surface area contributed by atoms with Crippen LogP contribution in [-0.2, 0) is 33.3 Å². The molecule has 0 amide bonds. The molecule has 0 radical (unpaired) electrons. The number of esters is 3. The first-order valence-corrected chi connectivity index (χ1v) is 14.1. The first-order valence-electron chi connectivity index (χ1n) is 14.1. The molecule has 9 nitrogen and oxygen atoms in total. The number of rotatable bonds is 3. The fourth-order valence-corrected chi connectivity index (χ4v) is 10.2. The molecule has 3 heterocycles. The van der Waals surface area contributed by atoms with Crippen LogP contribution in [0.15, 0.2) is 23.0 Å². The number of carbonyl (C=O) groups is 3. The summed E-state index contributed by atoms with van der Waals surface area (Å²) in [4.78, 5) is 38.3. The number of hydrogen-bond donors (Lipinski definition) is 1. The maximum atomic E-state index is 13.4. The summed E-state index contributed by atoms with van der Waals surface area (Å²) in [5.41, 5.74) is -2.72. The Bertz CT molecular complexity index is 1210. The van der Waals surface area contributed by atoms with E-state index in [1.54, 1.807) is 12.5 Å². The average Bonchev–Trinajstić information content (AvgIpc) is 3.41. The van der Waals surface area contributed by atoms with E-state index in [1.807, 2.05) is 19.9 Å². The van der Waals surface area contributed by atoms with Crippen molar-refractivity contribution in [1.29, 1.82) is 0 Å².